The molecule has 2 amide bonds. The van der Waals surface area contributed by atoms with Crippen LogP contribution in [0.2, 0.25) is 0 Å². The third-order valence-corrected chi connectivity index (χ3v) is 11.7. The van der Waals surface area contributed by atoms with Crippen LogP contribution in [0, 0.1) is 0 Å². The van der Waals surface area contributed by atoms with Crippen molar-refractivity contribution in [2.24, 2.45) is 0 Å². The van der Waals surface area contributed by atoms with Gasteiger partial charge in [0.2, 0.25) is 0 Å². The van der Waals surface area contributed by atoms with E-state index in [1.807, 2.05) is 59.6 Å². The van der Waals surface area contributed by atoms with Gasteiger partial charge in [0.15, 0.2) is 0 Å². The summed E-state index contributed by atoms with van der Waals surface area (Å²) in [5.41, 5.74) is 11.8. The van der Waals surface area contributed by atoms with E-state index >= 15 is 0 Å². The van der Waals surface area contributed by atoms with Crippen molar-refractivity contribution in [1.29, 1.82) is 0 Å². The third-order valence-electron chi connectivity index (χ3n) is 11.7. The zero-order valence-corrected chi connectivity index (χ0v) is 29.3. The Morgan fingerprint density at radius 2 is 1.46 bits per heavy atom. The lowest BCUT2D eigenvalue weighted by molar-refractivity contribution is 0.0655. The summed E-state index contributed by atoms with van der Waals surface area (Å²) < 4.78 is 8.10. The maximum Gasteiger partial charge on any atom is 0.410 e. The number of benzene rings is 4. The summed E-state index contributed by atoms with van der Waals surface area (Å²) in [5, 5.41) is 10.5. The Labute approximate surface area is 303 Å². The van der Waals surface area contributed by atoms with Gasteiger partial charge in [0.25, 0.3) is 5.91 Å². The van der Waals surface area contributed by atoms with Gasteiger partial charge in [-0.3, -0.25) is 4.79 Å². The van der Waals surface area contributed by atoms with Crippen LogP contribution in [0.15, 0.2) is 91.1 Å². The fourth-order valence-corrected chi connectivity index (χ4v) is 9.04. The summed E-state index contributed by atoms with van der Waals surface area (Å²) in [5.74, 6) is -1.13. The molecule has 0 bridgehead atoms. The normalized spacial score (nSPS) is 17.4. The summed E-state index contributed by atoms with van der Waals surface area (Å²) in [6, 6.07) is 28.8. The molecule has 4 aromatic carbocycles. The zero-order chi connectivity index (χ0) is 35.5. The number of aromatic carboxylic acids is 1. The number of amides is 2. The number of hydrogen-bond acceptors (Lipinski definition) is 4. The Kier molecular flexibility index (Phi) is 7.98. The SMILES string of the molecule is C[C@@H]1Cc2ccccc2CN1C(=O)c1cc2c(cc1-c1cn3c(c1C(=O)O)CCCC3)CCN(C(=O)OCC1c3ccccc3-c3ccccc31)C2. The molecule has 0 radical (unpaired) electrons. The van der Waals surface area contributed by atoms with Gasteiger partial charge >= 0.3 is 12.1 Å². The predicted molar refractivity (Wildman–Crippen MR) is 198 cm³/mol. The molecule has 5 aromatic rings. The van der Waals surface area contributed by atoms with Crippen molar-refractivity contribution in [1.82, 2.24) is 14.4 Å². The average Bonchev–Trinajstić information content (AvgIpc) is 3.72. The highest BCUT2D eigenvalue weighted by atomic mass is 16.6. The van der Waals surface area contributed by atoms with Crippen molar-refractivity contribution >= 4 is 18.0 Å². The van der Waals surface area contributed by atoms with E-state index in [4.69, 9.17) is 4.74 Å². The molecular weight excluding hydrogens is 650 g/mol. The van der Waals surface area contributed by atoms with Gasteiger partial charge in [-0.05, 0) is 101 Å². The molecular formula is C44H41N3O5. The number of carbonyl (C=O) groups excluding carboxylic acids is 2. The molecule has 52 heavy (non-hydrogen) atoms. The number of carbonyl (C=O) groups is 3. The van der Waals surface area contributed by atoms with Gasteiger partial charge in [-0.2, -0.15) is 0 Å². The van der Waals surface area contributed by atoms with E-state index in [-0.39, 0.29) is 30.6 Å². The van der Waals surface area contributed by atoms with Gasteiger partial charge in [0.1, 0.15) is 6.61 Å². The molecule has 0 saturated carbocycles. The topological polar surface area (TPSA) is 92.1 Å². The van der Waals surface area contributed by atoms with Crippen LogP contribution in [-0.4, -0.2) is 56.6 Å². The van der Waals surface area contributed by atoms with E-state index in [9.17, 15) is 19.5 Å². The number of carboxylic acids is 1. The monoisotopic (exact) mass is 691 g/mol. The number of fused-ring (bicyclic) bond motifs is 6. The highest BCUT2D eigenvalue weighted by Crippen LogP contribution is 2.45. The Bertz CT molecular complexity index is 2220. The first-order valence-electron chi connectivity index (χ1n) is 18.4. The number of ether oxygens (including phenoxy) is 1. The maximum atomic E-state index is 14.8. The lowest BCUT2D eigenvalue weighted by atomic mass is 9.88. The van der Waals surface area contributed by atoms with E-state index in [1.54, 1.807) is 4.90 Å². The second-order valence-electron chi connectivity index (χ2n) is 14.7. The molecule has 0 saturated heterocycles. The van der Waals surface area contributed by atoms with Gasteiger partial charge in [0.05, 0.1) is 5.56 Å². The van der Waals surface area contributed by atoms with E-state index in [1.165, 1.54) is 27.8 Å². The number of carboxylic acid groups (broad SMARTS) is 1. The maximum absolute atomic E-state index is 14.8. The minimum Gasteiger partial charge on any atom is -0.478 e. The predicted octanol–water partition coefficient (Wildman–Crippen LogP) is 8.08. The molecule has 4 aliphatic rings. The number of rotatable bonds is 5. The van der Waals surface area contributed by atoms with Gasteiger partial charge in [-0.1, -0.05) is 72.8 Å². The van der Waals surface area contributed by atoms with E-state index in [2.05, 4.69) is 47.9 Å². The average molecular weight is 692 g/mol. The molecule has 4 heterocycles. The van der Waals surface area contributed by atoms with Gasteiger partial charge < -0.3 is 24.2 Å². The summed E-state index contributed by atoms with van der Waals surface area (Å²) in [6.07, 6.45) is 5.52. The fraction of sp³-hybridized carbons (Fsp3) is 0.295. The molecule has 1 aliphatic carbocycles. The van der Waals surface area contributed by atoms with Crippen LogP contribution in [-0.2, 0) is 43.6 Å². The van der Waals surface area contributed by atoms with Crippen LogP contribution in [0.25, 0.3) is 22.3 Å². The van der Waals surface area contributed by atoms with Crippen molar-refractivity contribution in [3.05, 3.63) is 141 Å². The second kappa shape index (κ2) is 12.9. The molecule has 3 aliphatic heterocycles. The van der Waals surface area contributed by atoms with Crippen LogP contribution >= 0.6 is 0 Å². The van der Waals surface area contributed by atoms with Crippen molar-refractivity contribution in [3.63, 3.8) is 0 Å². The van der Waals surface area contributed by atoms with Crippen LogP contribution in [0.3, 0.4) is 0 Å². The van der Waals surface area contributed by atoms with E-state index in [0.717, 1.165) is 48.2 Å². The highest BCUT2D eigenvalue weighted by molar-refractivity contribution is 6.06. The van der Waals surface area contributed by atoms with Crippen LogP contribution in [0.4, 0.5) is 4.79 Å². The molecule has 1 N–H and O–H groups in total. The minimum absolute atomic E-state index is 0.0338. The molecule has 0 fully saturated rings. The summed E-state index contributed by atoms with van der Waals surface area (Å²) in [6.45, 7) is 4.34. The molecule has 262 valence electrons. The van der Waals surface area contributed by atoms with E-state index < -0.39 is 5.97 Å². The van der Waals surface area contributed by atoms with Gasteiger partial charge in [0, 0.05) is 61.2 Å². The molecule has 0 spiro atoms. The zero-order valence-electron chi connectivity index (χ0n) is 29.3. The number of aryl methyl sites for hydroxylation is 1. The minimum atomic E-state index is -0.969. The first-order chi connectivity index (χ1) is 25.4. The van der Waals surface area contributed by atoms with Crippen molar-refractivity contribution in [3.8, 4) is 22.3 Å². The largest absolute Gasteiger partial charge is 0.478 e. The number of hydrogen-bond donors (Lipinski definition) is 1. The van der Waals surface area contributed by atoms with Crippen molar-refractivity contribution in [2.45, 2.75) is 70.6 Å². The fourth-order valence-electron chi connectivity index (χ4n) is 9.04. The lowest BCUT2D eigenvalue weighted by Gasteiger charge is -2.36. The van der Waals surface area contributed by atoms with Crippen LogP contribution < -0.4 is 0 Å². The van der Waals surface area contributed by atoms with Gasteiger partial charge in [-0.25, -0.2) is 9.59 Å². The Balaban J connectivity index is 1.04. The lowest BCUT2D eigenvalue weighted by Crippen LogP contribution is -2.43. The standard InChI is InChI=1S/C44H41N3O5/c1-27-20-28-10-2-3-11-30(28)24-47(27)42(48)37-22-31-23-46(44(51)52-26-39-34-14-6-4-12-32(34)33-13-5-7-15-35(33)39)19-17-29(31)21-36(37)38-25-45-18-9-8-16-40(45)41(38)43(49)50/h2-7,10-15,21-22,25,27,39H,8-9,16-20,23-24,26H2,1H3,(H,49,50)/t27-/m1/s1. The van der Waals surface area contributed by atoms with Crippen LogP contribution in [0.5, 0.6) is 0 Å². The van der Waals surface area contributed by atoms with Gasteiger partial charge in [-0.15, -0.1) is 0 Å². The number of aromatic nitrogens is 1. The molecule has 8 heteroatoms. The first-order valence-corrected chi connectivity index (χ1v) is 18.4. The molecule has 1 atom stereocenters. The Morgan fingerprint density at radius 1 is 0.750 bits per heavy atom. The summed E-state index contributed by atoms with van der Waals surface area (Å²) >= 11 is 0. The Hall–Kier alpha value is -5.63. The molecule has 9 rings (SSSR count). The first kappa shape index (κ1) is 32.3. The molecule has 1 aromatic heterocycles. The molecule has 8 nitrogen and oxygen atoms in total. The van der Waals surface area contributed by atoms with E-state index in [0.29, 0.717) is 54.7 Å². The molecule has 0 unspecified atom stereocenters. The summed E-state index contributed by atoms with van der Waals surface area (Å²) in [4.78, 5) is 44.9. The van der Waals surface area contributed by atoms with Crippen molar-refractivity contribution in [2.75, 3.05) is 13.2 Å². The Morgan fingerprint density at radius 3 is 2.21 bits per heavy atom. The highest BCUT2D eigenvalue weighted by Gasteiger charge is 2.35. The summed E-state index contributed by atoms with van der Waals surface area (Å²) in [7, 11) is 0. The van der Waals surface area contributed by atoms with Crippen LogP contribution in [0.1, 0.15) is 85.5 Å². The number of nitrogens with zero attached hydrogens (tertiary/aromatic N) is 3. The van der Waals surface area contributed by atoms with Crippen molar-refractivity contribution < 1.29 is 24.2 Å². The quantitative estimate of drug-likeness (QED) is 0.201. The smallest absolute Gasteiger partial charge is 0.410 e. The second-order valence-corrected chi connectivity index (χ2v) is 14.7. The third kappa shape index (κ3) is 5.40.